The zero-order valence-electron chi connectivity index (χ0n) is 16.3. The van der Waals surface area contributed by atoms with Crippen LogP contribution in [0.3, 0.4) is 0 Å². The first-order valence-corrected chi connectivity index (χ1v) is 10.5. The summed E-state index contributed by atoms with van der Waals surface area (Å²) in [6.45, 7) is 0. The van der Waals surface area contributed by atoms with Crippen LogP contribution in [0, 0.1) is 0 Å². The lowest BCUT2D eigenvalue weighted by atomic mass is 9.96. The number of rotatable bonds is 2. The van der Waals surface area contributed by atoms with E-state index in [1.165, 1.54) is 33.5 Å². The smallest absolute Gasteiger partial charge is 0.127 e. The fraction of sp³-hybridized carbons (Fsp3) is 0.0370. The monoisotopic (exact) mass is 406 g/mol. The van der Waals surface area contributed by atoms with Crippen LogP contribution >= 0.6 is 11.6 Å². The van der Waals surface area contributed by atoms with E-state index >= 15 is 0 Å². The van der Waals surface area contributed by atoms with Crippen molar-refractivity contribution in [2.24, 2.45) is 0 Å². The van der Waals surface area contributed by atoms with Crippen LogP contribution in [-0.2, 0) is 6.42 Å². The van der Waals surface area contributed by atoms with Gasteiger partial charge in [0.15, 0.2) is 0 Å². The molecule has 6 rings (SSSR count). The Hall–Kier alpha value is -3.49. The van der Waals surface area contributed by atoms with Crippen molar-refractivity contribution in [3.63, 3.8) is 0 Å². The number of para-hydroxylation sites is 3. The third kappa shape index (κ3) is 2.58. The van der Waals surface area contributed by atoms with E-state index in [9.17, 15) is 0 Å². The fourth-order valence-corrected chi connectivity index (χ4v) is 4.76. The van der Waals surface area contributed by atoms with Gasteiger partial charge in [0.25, 0.3) is 0 Å². The highest BCUT2D eigenvalue weighted by molar-refractivity contribution is 6.31. The van der Waals surface area contributed by atoms with Gasteiger partial charge in [0, 0.05) is 33.8 Å². The zero-order chi connectivity index (χ0) is 20.1. The Labute approximate surface area is 180 Å². The molecule has 0 N–H and O–H groups in total. The molecule has 0 saturated carbocycles. The molecule has 5 aromatic rings. The first-order chi connectivity index (χ1) is 14.8. The largest absolute Gasteiger partial charge is 0.296 e. The molecule has 0 radical (unpaired) electrons. The number of hydrogen-bond acceptors (Lipinski definition) is 1. The minimum absolute atomic E-state index is 0.764. The average Bonchev–Trinajstić information content (AvgIpc) is 3.11. The Morgan fingerprint density at radius 2 is 1.33 bits per heavy atom. The summed E-state index contributed by atoms with van der Waals surface area (Å²) in [7, 11) is 0. The molecular weight excluding hydrogens is 388 g/mol. The summed E-state index contributed by atoms with van der Waals surface area (Å²) >= 11 is 6.45. The highest BCUT2D eigenvalue weighted by Gasteiger charge is 2.30. The normalized spacial score (nSPS) is 12.6. The minimum atomic E-state index is 0.764. The number of benzene rings is 4. The van der Waals surface area contributed by atoms with Crippen LogP contribution < -0.4 is 4.90 Å². The van der Waals surface area contributed by atoms with E-state index in [0.29, 0.717) is 0 Å². The summed E-state index contributed by atoms with van der Waals surface area (Å²) in [6, 6.07) is 36.1. The van der Waals surface area contributed by atoms with E-state index in [4.69, 9.17) is 11.6 Å². The highest BCUT2D eigenvalue weighted by Crippen LogP contribution is 2.49. The average molecular weight is 407 g/mol. The molecule has 3 heteroatoms. The number of nitrogens with zero attached hydrogens (tertiary/aromatic N) is 2. The first-order valence-electron chi connectivity index (χ1n) is 10.1. The SMILES string of the molecule is Clc1ccc2c(c1)c1c(n2-c2ccccc2)N(c2ccccc2)c2ccccc2C1. The minimum Gasteiger partial charge on any atom is -0.296 e. The van der Waals surface area contributed by atoms with Crippen molar-refractivity contribution in [2.45, 2.75) is 6.42 Å². The third-order valence-electron chi connectivity index (χ3n) is 5.85. The zero-order valence-corrected chi connectivity index (χ0v) is 17.1. The summed E-state index contributed by atoms with van der Waals surface area (Å²) in [5.41, 5.74) is 7.31. The van der Waals surface area contributed by atoms with Crippen LogP contribution in [0.25, 0.3) is 16.6 Å². The van der Waals surface area contributed by atoms with E-state index < -0.39 is 0 Å². The molecule has 1 aliphatic rings. The maximum atomic E-state index is 6.45. The molecule has 2 heterocycles. The second-order valence-corrected chi connectivity index (χ2v) is 8.05. The molecule has 0 aliphatic carbocycles. The maximum Gasteiger partial charge on any atom is 0.127 e. The van der Waals surface area contributed by atoms with Gasteiger partial charge in [-0.15, -0.1) is 0 Å². The van der Waals surface area contributed by atoms with Gasteiger partial charge in [-0.1, -0.05) is 66.2 Å². The molecule has 0 bridgehead atoms. The van der Waals surface area contributed by atoms with Crippen LogP contribution in [0.5, 0.6) is 0 Å². The van der Waals surface area contributed by atoms with Crippen LogP contribution in [0.2, 0.25) is 5.02 Å². The van der Waals surface area contributed by atoms with Gasteiger partial charge in [-0.3, -0.25) is 9.47 Å². The molecule has 0 atom stereocenters. The van der Waals surface area contributed by atoms with Gasteiger partial charge >= 0.3 is 0 Å². The van der Waals surface area contributed by atoms with Crippen molar-refractivity contribution < 1.29 is 0 Å². The van der Waals surface area contributed by atoms with E-state index in [0.717, 1.165) is 22.8 Å². The standard InChI is InChI=1S/C27H19ClN2/c28-20-15-16-26-23(18-20)24-17-19-9-7-8-14-25(19)29(21-10-3-1-4-11-21)27(24)30(26)22-12-5-2-6-13-22/h1-16,18H,17H2. The van der Waals surface area contributed by atoms with Crippen LogP contribution in [0.15, 0.2) is 103 Å². The van der Waals surface area contributed by atoms with E-state index in [2.05, 4.69) is 107 Å². The second-order valence-electron chi connectivity index (χ2n) is 7.61. The molecule has 0 spiro atoms. The number of halogens is 1. The molecule has 144 valence electrons. The number of aromatic nitrogens is 1. The molecule has 1 aromatic heterocycles. The summed E-state index contributed by atoms with van der Waals surface area (Å²) < 4.78 is 2.37. The van der Waals surface area contributed by atoms with Gasteiger partial charge < -0.3 is 0 Å². The third-order valence-corrected chi connectivity index (χ3v) is 6.08. The molecule has 30 heavy (non-hydrogen) atoms. The van der Waals surface area contributed by atoms with Crippen molar-refractivity contribution in [3.05, 3.63) is 119 Å². The number of hydrogen-bond donors (Lipinski definition) is 0. The molecular formula is C27H19ClN2. The van der Waals surface area contributed by atoms with Gasteiger partial charge in [0.2, 0.25) is 0 Å². The Balaban J connectivity index is 1.76. The second kappa shape index (κ2) is 6.79. The Morgan fingerprint density at radius 1 is 0.667 bits per heavy atom. The summed E-state index contributed by atoms with van der Waals surface area (Å²) in [6.07, 6.45) is 0.880. The Kier molecular flexibility index (Phi) is 3.93. The predicted molar refractivity (Wildman–Crippen MR) is 126 cm³/mol. The molecule has 4 aromatic carbocycles. The van der Waals surface area contributed by atoms with Crippen molar-refractivity contribution >= 4 is 39.7 Å². The van der Waals surface area contributed by atoms with Gasteiger partial charge in [-0.05, 0) is 54.1 Å². The van der Waals surface area contributed by atoms with Crippen LogP contribution in [0.4, 0.5) is 17.2 Å². The Morgan fingerprint density at radius 3 is 2.10 bits per heavy atom. The lowest BCUT2D eigenvalue weighted by molar-refractivity contribution is 1.01. The lowest BCUT2D eigenvalue weighted by Crippen LogP contribution is -2.20. The predicted octanol–water partition coefficient (Wildman–Crippen LogP) is 7.66. The quantitative estimate of drug-likeness (QED) is 0.286. The van der Waals surface area contributed by atoms with Crippen LogP contribution in [-0.4, -0.2) is 4.57 Å². The Bertz CT molecular complexity index is 1370. The van der Waals surface area contributed by atoms with Gasteiger partial charge in [-0.2, -0.15) is 0 Å². The molecule has 0 unspecified atom stereocenters. The van der Waals surface area contributed by atoms with Gasteiger partial charge in [0.05, 0.1) is 11.2 Å². The van der Waals surface area contributed by atoms with Crippen molar-refractivity contribution in [2.75, 3.05) is 4.90 Å². The number of anilines is 3. The van der Waals surface area contributed by atoms with E-state index in [1.807, 2.05) is 6.07 Å². The topological polar surface area (TPSA) is 8.17 Å². The fourth-order valence-electron chi connectivity index (χ4n) is 4.58. The molecule has 0 saturated heterocycles. The number of fused-ring (bicyclic) bond motifs is 4. The highest BCUT2D eigenvalue weighted by atomic mass is 35.5. The van der Waals surface area contributed by atoms with E-state index in [-0.39, 0.29) is 0 Å². The maximum absolute atomic E-state index is 6.45. The molecule has 1 aliphatic heterocycles. The summed E-state index contributed by atoms with van der Waals surface area (Å²) in [5.74, 6) is 1.18. The molecule has 2 nitrogen and oxygen atoms in total. The molecule has 0 fully saturated rings. The lowest BCUT2D eigenvalue weighted by Gasteiger charge is -2.33. The van der Waals surface area contributed by atoms with Gasteiger partial charge in [0.1, 0.15) is 5.82 Å². The summed E-state index contributed by atoms with van der Waals surface area (Å²) in [4.78, 5) is 2.38. The summed E-state index contributed by atoms with van der Waals surface area (Å²) in [5, 5.41) is 1.97. The first kappa shape index (κ1) is 17.4. The van der Waals surface area contributed by atoms with Crippen molar-refractivity contribution in [1.29, 1.82) is 0 Å². The van der Waals surface area contributed by atoms with Crippen molar-refractivity contribution in [1.82, 2.24) is 4.57 Å². The van der Waals surface area contributed by atoms with Crippen LogP contribution in [0.1, 0.15) is 11.1 Å². The van der Waals surface area contributed by atoms with E-state index in [1.54, 1.807) is 0 Å². The van der Waals surface area contributed by atoms with Gasteiger partial charge in [-0.25, -0.2) is 0 Å². The molecule has 0 amide bonds. The van der Waals surface area contributed by atoms with Crippen molar-refractivity contribution in [3.8, 4) is 5.69 Å².